The van der Waals surface area contributed by atoms with Crippen molar-refractivity contribution < 1.29 is 9.53 Å². The lowest BCUT2D eigenvalue weighted by molar-refractivity contribution is -0.130. The highest BCUT2D eigenvalue weighted by molar-refractivity contribution is 7.03. The zero-order valence-electron chi connectivity index (χ0n) is 10.2. The molecule has 2 heterocycles. The summed E-state index contributed by atoms with van der Waals surface area (Å²) < 4.78 is 9.37. The molecule has 0 spiro atoms. The number of aromatic nitrogens is 1. The molecule has 0 bridgehead atoms. The molecule has 1 aromatic rings. The number of carbonyl (C=O) groups excluding carboxylic acids is 1. The van der Waals surface area contributed by atoms with Crippen LogP contribution in [0.3, 0.4) is 0 Å². The van der Waals surface area contributed by atoms with Crippen molar-refractivity contribution in [2.24, 2.45) is 0 Å². The molecule has 1 aliphatic rings. The average Bonchev–Trinajstić information content (AvgIpc) is 2.77. The lowest BCUT2D eigenvalue weighted by Gasteiger charge is -2.33. The predicted molar refractivity (Wildman–Crippen MR) is 66.2 cm³/mol. The van der Waals surface area contributed by atoms with Gasteiger partial charge in [-0.15, -0.1) is 0 Å². The summed E-state index contributed by atoms with van der Waals surface area (Å²) >= 11 is 1.42. The molecule has 1 amide bonds. The maximum atomic E-state index is 11.2. The van der Waals surface area contributed by atoms with Crippen molar-refractivity contribution in [1.29, 1.82) is 0 Å². The minimum atomic E-state index is 0.166. The Bertz CT molecular complexity index is 386. The summed E-state index contributed by atoms with van der Waals surface area (Å²) in [5.74, 6) is 0.892. The van der Waals surface area contributed by atoms with Crippen LogP contribution < -0.4 is 4.74 Å². The first-order valence-electron chi connectivity index (χ1n) is 5.66. The molecule has 94 valence electrons. The molecule has 17 heavy (non-hydrogen) atoms. The quantitative estimate of drug-likeness (QED) is 0.802. The van der Waals surface area contributed by atoms with Gasteiger partial charge >= 0.3 is 0 Å². The van der Waals surface area contributed by atoms with Crippen LogP contribution in [0.1, 0.15) is 12.5 Å². The summed E-state index contributed by atoms with van der Waals surface area (Å²) in [7, 11) is 1.65. The van der Waals surface area contributed by atoms with Gasteiger partial charge in [0.1, 0.15) is 0 Å². The second-order valence-electron chi connectivity index (χ2n) is 4.13. The molecule has 1 fully saturated rings. The van der Waals surface area contributed by atoms with Gasteiger partial charge in [0.25, 0.3) is 0 Å². The van der Waals surface area contributed by atoms with Crippen LogP contribution in [0.25, 0.3) is 0 Å². The smallest absolute Gasteiger partial charge is 0.229 e. The summed E-state index contributed by atoms with van der Waals surface area (Å²) in [5, 5.41) is 2.02. The van der Waals surface area contributed by atoms with Crippen molar-refractivity contribution in [3.63, 3.8) is 0 Å². The Balaban J connectivity index is 1.88. The van der Waals surface area contributed by atoms with Gasteiger partial charge in [0.2, 0.25) is 11.8 Å². The number of rotatable bonds is 3. The van der Waals surface area contributed by atoms with Gasteiger partial charge in [-0.2, -0.15) is 4.37 Å². The van der Waals surface area contributed by atoms with Crippen molar-refractivity contribution >= 4 is 17.4 Å². The van der Waals surface area contributed by atoms with Crippen LogP contribution >= 0.6 is 11.5 Å². The van der Waals surface area contributed by atoms with E-state index in [1.165, 1.54) is 11.5 Å². The molecule has 0 saturated carbocycles. The molecule has 0 radical (unpaired) electrons. The molecular formula is C11H17N3O2S. The van der Waals surface area contributed by atoms with Crippen LogP contribution in [0.2, 0.25) is 0 Å². The van der Waals surface area contributed by atoms with Crippen LogP contribution in [-0.4, -0.2) is 53.4 Å². The predicted octanol–water partition coefficient (Wildman–Crippen LogP) is 0.816. The number of hydrogen-bond acceptors (Lipinski definition) is 5. The zero-order valence-corrected chi connectivity index (χ0v) is 11.0. The van der Waals surface area contributed by atoms with Gasteiger partial charge in [-0.1, -0.05) is 0 Å². The SMILES string of the molecule is COc1nscc1CN1CCN(C(C)=O)CC1. The van der Waals surface area contributed by atoms with Gasteiger partial charge in [0.05, 0.1) is 7.11 Å². The molecule has 0 atom stereocenters. The Morgan fingerprint density at radius 3 is 2.76 bits per heavy atom. The van der Waals surface area contributed by atoms with E-state index in [1.807, 2.05) is 10.3 Å². The van der Waals surface area contributed by atoms with Crippen LogP contribution in [0.15, 0.2) is 5.38 Å². The van der Waals surface area contributed by atoms with Gasteiger partial charge in [-0.25, -0.2) is 0 Å². The fraction of sp³-hybridized carbons (Fsp3) is 0.636. The standard InChI is InChI=1S/C11H17N3O2S/c1-9(15)14-5-3-13(4-6-14)7-10-8-17-12-11(10)16-2/h8H,3-7H2,1-2H3. The molecule has 6 heteroatoms. The fourth-order valence-corrected chi connectivity index (χ4v) is 2.62. The number of hydrogen-bond donors (Lipinski definition) is 0. The molecule has 2 rings (SSSR count). The monoisotopic (exact) mass is 255 g/mol. The Morgan fingerprint density at radius 1 is 1.47 bits per heavy atom. The van der Waals surface area contributed by atoms with Gasteiger partial charge in [0.15, 0.2) is 0 Å². The Labute approximate surface area is 105 Å². The first kappa shape index (κ1) is 12.3. The first-order chi connectivity index (χ1) is 8.20. The number of nitrogens with zero attached hydrogens (tertiary/aromatic N) is 3. The third-order valence-electron chi connectivity index (χ3n) is 3.01. The third-order valence-corrected chi connectivity index (χ3v) is 3.67. The second kappa shape index (κ2) is 5.46. The van der Waals surface area contributed by atoms with E-state index in [1.54, 1.807) is 14.0 Å². The van der Waals surface area contributed by atoms with Crippen molar-refractivity contribution in [3.8, 4) is 5.88 Å². The highest BCUT2D eigenvalue weighted by atomic mass is 32.1. The van der Waals surface area contributed by atoms with E-state index < -0.39 is 0 Å². The van der Waals surface area contributed by atoms with Gasteiger partial charge in [-0.3, -0.25) is 9.69 Å². The number of ether oxygens (including phenoxy) is 1. The Hall–Kier alpha value is -1.14. The van der Waals surface area contributed by atoms with E-state index in [0.29, 0.717) is 0 Å². The highest BCUT2D eigenvalue weighted by Crippen LogP contribution is 2.20. The zero-order chi connectivity index (χ0) is 12.3. The van der Waals surface area contributed by atoms with E-state index in [4.69, 9.17) is 4.74 Å². The molecule has 5 nitrogen and oxygen atoms in total. The fourth-order valence-electron chi connectivity index (χ4n) is 1.98. The van der Waals surface area contributed by atoms with E-state index in [9.17, 15) is 4.79 Å². The number of methoxy groups -OCH3 is 1. The molecule has 1 aliphatic heterocycles. The lowest BCUT2D eigenvalue weighted by atomic mass is 10.2. The van der Waals surface area contributed by atoms with E-state index in [0.717, 1.165) is 44.2 Å². The van der Waals surface area contributed by atoms with Crippen LogP contribution in [0.5, 0.6) is 5.88 Å². The molecule has 0 N–H and O–H groups in total. The molecule has 0 aromatic carbocycles. The largest absolute Gasteiger partial charge is 0.480 e. The van der Waals surface area contributed by atoms with E-state index >= 15 is 0 Å². The normalized spacial score (nSPS) is 17.2. The van der Waals surface area contributed by atoms with Gasteiger partial charge in [-0.05, 0) is 11.5 Å². The molecule has 1 saturated heterocycles. The van der Waals surface area contributed by atoms with Gasteiger partial charge in [0, 0.05) is 50.6 Å². The summed E-state index contributed by atoms with van der Waals surface area (Å²) in [4.78, 5) is 15.4. The lowest BCUT2D eigenvalue weighted by Crippen LogP contribution is -2.47. The molecule has 0 aliphatic carbocycles. The maximum Gasteiger partial charge on any atom is 0.229 e. The molecule has 0 unspecified atom stereocenters. The van der Waals surface area contributed by atoms with E-state index in [2.05, 4.69) is 9.27 Å². The maximum absolute atomic E-state index is 11.2. The van der Waals surface area contributed by atoms with Crippen LogP contribution in [0.4, 0.5) is 0 Å². The van der Waals surface area contributed by atoms with Crippen molar-refractivity contribution in [2.75, 3.05) is 33.3 Å². The second-order valence-corrected chi connectivity index (χ2v) is 4.76. The first-order valence-corrected chi connectivity index (χ1v) is 6.49. The molecular weight excluding hydrogens is 238 g/mol. The average molecular weight is 255 g/mol. The minimum Gasteiger partial charge on any atom is -0.480 e. The van der Waals surface area contributed by atoms with Crippen LogP contribution in [-0.2, 0) is 11.3 Å². The van der Waals surface area contributed by atoms with Crippen molar-refractivity contribution in [2.45, 2.75) is 13.5 Å². The van der Waals surface area contributed by atoms with Crippen LogP contribution in [0, 0.1) is 0 Å². The van der Waals surface area contributed by atoms with Crippen molar-refractivity contribution in [1.82, 2.24) is 14.2 Å². The number of amides is 1. The van der Waals surface area contributed by atoms with E-state index in [-0.39, 0.29) is 5.91 Å². The Kier molecular flexibility index (Phi) is 3.96. The molecule has 1 aromatic heterocycles. The van der Waals surface area contributed by atoms with Crippen molar-refractivity contribution in [3.05, 3.63) is 10.9 Å². The highest BCUT2D eigenvalue weighted by Gasteiger charge is 2.20. The topological polar surface area (TPSA) is 45.7 Å². The summed E-state index contributed by atoms with van der Waals surface area (Å²) in [6.07, 6.45) is 0. The summed E-state index contributed by atoms with van der Waals surface area (Å²) in [5.41, 5.74) is 1.13. The summed E-state index contributed by atoms with van der Waals surface area (Å²) in [6.45, 7) is 5.94. The minimum absolute atomic E-state index is 0.166. The Morgan fingerprint density at radius 2 is 2.18 bits per heavy atom. The summed E-state index contributed by atoms with van der Waals surface area (Å²) in [6, 6.07) is 0. The van der Waals surface area contributed by atoms with Gasteiger partial charge < -0.3 is 9.64 Å². The number of piperazine rings is 1. The third kappa shape index (κ3) is 2.95. The number of carbonyl (C=O) groups is 1.